The van der Waals surface area contributed by atoms with Crippen LogP contribution in [0.25, 0.3) is 0 Å². The Morgan fingerprint density at radius 1 is 1.24 bits per heavy atom. The van der Waals surface area contributed by atoms with Gasteiger partial charge in [0, 0.05) is 24.7 Å². The van der Waals surface area contributed by atoms with Crippen LogP contribution in [0.4, 0.5) is 0 Å². The van der Waals surface area contributed by atoms with E-state index in [0.717, 1.165) is 32.3 Å². The first kappa shape index (κ1) is 13.0. The van der Waals surface area contributed by atoms with Crippen LogP contribution >= 0.6 is 0 Å². The molecule has 3 nitrogen and oxygen atoms in total. The maximum atomic E-state index is 10.8. The fourth-order valence-electron chi connectivity index (χ4n) is 3.00. The van der Waals surface area contributed by atoms with Crippen LogP contribution in [0.5, 0.6) is 0 Å². The second kappa shape index (κ2) is 4.06. The molecule has 1 aliphatic heterocycles. The Morgan fingerprint density at radius 2 is 1.82 bits per heavy atom. The Hall–Kier alpha value is -0.410. The summed E-state index contributed by atoms with van der Waals surface area (Å²) < 4.78 is 12.0. The van der Waals surface area contributed by atoms with E-state index in [1.54, 1.807) is 0 Å². The lowest BCUT2D eigenvalue weighted by molar-refractivity contribution is -0.298. The Labute approximate surface area is 104 Å². The van der Waals surface area contributed by atoms with Gasteiger partial charge >= 0.3 is 0 Å². The third-order valence-corrected chi connectivity index (χ3v) is 4.48. The predicted octanol–water partition coefficient (Wildman–Crippen LogP) is 2.78. The molecule has 0 aromatic carbocycles. The van der Waals surface area contributed by atoms with E-state index in [1.165, 1.54) is 0 Å². The van der Waals surface area contributed by atoms with Gasteiger partial charge in [-0.2, -0.15) is 0 Å². The number of ether oxygens (including phenoxy) is 2. The minimum atomic E-state index is -0.424. The van der Waals surface area contributed by atoms with Crippen LogP contribution in [0.1, 0.15) is 47.0 Å². The highest BCUT2D eigenvalue weighted by atomic mass is 16.7. The molecule has 0 radical (unpaired) electrons. The minimum Gasteiger partial charge on any atom is -0.349 e. The van der Waals surface area contributed by atoms with Gasteiger partial charge in [-0.25, -0.2) is 0 Å². The van der Waals surface area contributed by atoms with Gasteiger partial charge in [-0.05, 0) is 11.3 Å². The maximum absolute atomic E-state index is 10.8. The van der Waals surface area contributed by atoms with Crippen molar-refractivity contribution in [1.82, 2.24) is 0 Å². The number of rotatable bonds is 2. The molecule has 1 heterocycles. The lowest BCUT2D eigenvalue weighted by Gasteiger charge is -2.42. The van der Waals surface area contributed by atoms with Crippen LogP contribution in [0.3, 0.4) is 0 Å². The maximum Gasteiger partial charge on any atom is 0.169 e. The predicted molar refractivity (Wildman–Crippen MR) is 65.6 cm³/mol. The van der Waals surface area contributed by atoms with E-state index >= 15 is 0 Å². The molecule has 2 atom stereocenters. The van der Waals surface area contributed by atoms with Crippen LogP contribution in [0.15, 0.2) is 0 Å². The van der Waals surface area contributed by atoms with Gasteiger partial charge in [0.1, 0.15) is 6.29 Å². The molecule has 2 aliphatic rings. The van der Waals surface area contributed by atoms with Gasteiger partial charge in [0.15, 0.2) is 5.79 Å². The molecule has 98 valence electrons. The normalized spacial score (nSPS) is 39.4. The molecule has 1 aliphatic carbocycles. The van der Waals surface area contributed by atoms with Crippen molar-refractivity contribution < 1.29 is 14.3 Å². The summed E-state index contributed by atoms with van der Waals surface area (Å²) in [4.78, 5) is 10.8. The van der Waals surface area contributed by atoms with Crippen molar-refractivity contribution in [2.45, 2.75) is 52.7 Å². The second-order valence-electron chi connectivity index (χ2n) is 6.96. The number of hydrogen-bond acceptors (Lipinski definition) is 3. The van der Waals surface area contributed by atoms with Gasteiger partial charge < -0.3 is 14.3 Å². The Balaban J connectivity index is 2.08. The van der Waals surface area contributed by atoms with Crippen LogP contribution in [-0.2, 0) is 14.3 Å². The van der Waals surface area contributed by atoms with Crippen LogP contribution in [-0.4, -0.2) is 25.3 Å². The quantitative estimate of drug-likeness (QED) is 0.696. The van der Waals surface area contributed by atoms with E-state index in [1.807, 2.05) is 0 Å². The molecule has 2 rings (SSSR count). The van der Waals surface area contributed by atoms with Crippen molar-refractivity contribution in [2.75, 3.05) is 13.2 Å². The molecule has 0 aromatic heterocycles. The van der Waals surface area contributed by atoms with Crippen molar-refractivity contribution in [2.24, 2.45) is 16.7 Å². The summed E-state index contributed by atoms with van der Waals surface area (Å²) in [5.41, 5.74) is 0.140. The first-order chi connectivity index (χ1) is 7.81. The summed E-state index contributed by atoms with van der Waals surface area (Å²) in [5, 5.41) is 0. The van der Waals surface area contributed by atoms with E-state index in [0.29, 0.717) is 12.3 Å². The van der Waals surface area contributed by atoms with E-state index in [2.05, 4.69) is 27.7 Å². The van der Waals surface area contributed by atoms with Crippen molar-refractivity contribution in [3.8, 4) is 0 Å². The molecule has 3 heteroatoms. The zero-order chi connectivity index (χ0) is 12.7. The Kier molecular flexibility index (Phi) is 3.11. The fraction of sp³-hybridized carbons (Fsp3) is 0.929. The van der Waals surface area contributed by atoms with E-state index in [-0.39, 0.29) is 10.8 Å². The van der Waals surface area contributed by atoms with Gasteiger partial charge in [0.05, 0.1) is 13.2 Å². The van der Waals surface area contributed by atoms with Crippen LogP contribution in [0, 0.1) is 16.7 Å². The molecular formula is C14H24O3. The van der Waals surface area contributed by atoms with Crippen LogP contribution < -0.4 is 0 Å². The number of aldehydes is 1. The fourth-order valence-corrected chi connectivity index (χ4v) is 3.00. The third kappa shape index (κ3) is 2.41. The third-order valence-electron chi connectivity index (χ3n) is 4.48. The summed E-state index contributed by atoms with van der Waals surface area (Å²) >= 11 is 0. The van der Waals surface area contributed by atoms with E-state index < -0.39 is 5.79 Å². The zero-order valence-electron chi connectivity index (χ0n) is 11.4. The van der Waals surface area contributed by atoms with E-state index in [4.69, 9.17) is 9.47 Å². The first-order valence-corrected chi connectivity index (χ1v) is 6.53. The highest BCUT2D eigenvalue weighted by Gasteiger charge is 2.54. The summed E-state index contributed by atoms with van der Waals surface area (Å²) in [7, 11) is 0. The Bertz CT molecular complexity index is 301. The number of carbonyl (C=O) groups is 1. The highest BCUT2D eigenvalue weighted by Crippen LogP contribution is 2.53. The molecule has 0 unspecified atom stereocenters. The smallest absolute Gasteiger partial charge is 0.169 e. The molecule has 2 fully saturated rings. The molecule has 0 N–H and O–H groups in total. The van der Waals surface area contributed by atoms with Crippen molar-refractivity contribution >= 4 is 6.29 Å². The molecule has 1 spiro atoms. The second-order valence-corrected chi connectivity index (χ2v) is 6.96. The molecular weight excluding hydrogens is 216 g/mol. The summed E-state index contributed by atoms with van der Waals surface area (Å²) in [6.45, 7) is 10.2. The van der Waals surface area contributed by atoms with Gasteiger partial charge in [-0.3, -0.25) is 0 Å². The largest absolute Gasteiger partial charge is 0.349 e. The van der Waals surface area contributed by atoms with E-state index in [9.17, 15) is 4.79 Å². The summed E-state index contributed by atoms with van der Waals surface area (Å²) in [6.07, 6.45) is 3.39. The zero-order valence-corrected chi connectivity index (χ0v) is 11.4. The molecule has 1 saturated heterocycles. The lowest BCUT2D eigenvalue weighted by atomic mass is 9.78. The van der Waals surface area contributed by atoms with Gasteiger partial charge in [0.25, 0.3) is 0 Å². The minimum absolute atomic E-state index is 0.0310. The van der Waals surface area contributed by atoms with Crippen molar-refractivity contribution in [1.29, 1.82) is 0 Å². The van der Waals surface area contributed by atoms with Crippen molar-refractivity contribution in [3.05, 3.63) is 0 Å². The molecule has 0 amide bonds. The number of hydrogen-bond donors (Lipinski definition) is 0. The van der Waals surface area contributed by atoms with Gasteiger partial charge in [-0.15, -0.1) is 0 Å². The van der Waals surface area contributed by atoms with Crippen LogP contribution in [0.2, 0.25) is 0 Å². The highest BCUT2D eigenvalue weighted by molar-refractivity contribution is 5.51. The Morgan fingerprint density at radius 3 is 2.35 bits per heavy atom. The average Bonchev–Trinajstić information content (AvgIpc) is 2.46. The topological polar surface area (TPSA) is 35.5 Å². The first-order valence-electron chi connectivity index (χ1n) is 6.53. The van der Waals surface area contributed by atoms with Gasteiger partial charge in [-0.1, -0.05) is 27.7 Å². The molecule has 0 bridgehead atoms. The molecule has 1 saturated carbocycles. The molecule has 0 aromatic rings. The lowest BCUT2D eigenvalue weighted by Crippen LogP contribution is -2.46. The van der Waals surface area contributed by atoms with Crippen molar-refractivity contribution in [3.63, 3.8) is 0 Å². The summed E-state index contributed by atoms with van der Waals surface area (Å²) in [6, 6.07) is 0. The standard InChI is InChI=1S/C14H24O3/c1-11-7-14(8-13(11,4)5-6-15)16-9-12(2,3)10-17-14/h6,11H,5,7-10H2,1-4H3/t11-,13+/m0/s1. The summed E-state index contributed by atoms with van der Waals surface area (Å²) in [5.74, 6) is 0.0427. The SMILES string of the molecule is C[C@H]1CC2(C[C@@]1(C)CC=O)OCC(C)(C)CO2. The monoisotopic (exact) mass is 240 g/mol. The van der Waals surface area contributed by atoms with Gasteiger partial charge in [0.2, 0.25) is 0 Å². The molecule has 17 heavy (non-hydrogen) atoms. The number of carbonyl (C=O) groups excluding carboxylic acids is 1. The average molecular weight is 240 g/mol.